The van der Waals surface area contributed by atoms with Gasteiger partial charge in [-0.2, -0.15) is 5.26 Å². The van der Waals surface area contributed by atoms with E-state index in [1.54, 1.807) is 53.3 Å². The van der Waals surface area contributed by atoms with Crippen molar-refractivity contribution in [3.63, 3.8) is 0 Å². The summed E-state index contributed by atoms with van der Waals surface area (Å²) in [6.07, 6.45) is -0.0862. The minimum atomic E-state index is -1.69. The molecule has 3 heterocycles. The van der Waals surface area contributed by atoms with E-state index in [1.165, 1.54) is 33.6 Å². The molecule has 37 heavy (non-hydrogen) atoms. The summed E-state index contributed by atoms with van der Waals surface area (Å²) in [4.78, 5) is 56.4. The molecule has 0 N–H and O–H groups in total. The first-order valence-electron chi connectivity index (χ1n) is 11.5. The van der Waals surface area contributed by atoms with Gasteiger partial charge in [0, 0.05) is 41.7 Å². The maximum absolute atomic E-state index is 14.5. The topological polar surface area (TPSA) is 123 Å². The van der Waals surface area contributed by atoms with Crippen molar-refractivity contribution in [3.05, 3.63) is 23.8 Å². The number of carbonyl (C=O) groups is 4. The van der Waals surface area contributed by atoms with Gasteiger partial charge in [0.25, 0.3) is 22.3 Å². The number of fused-ring (bicyclic) bond motifs is 2. The number of thioether (sulfide) groups is 2. The molecule has 1 aromatic rings. The van der Waals surface area contributed by atoms with E-state index >= 15 is 0 Å². The van der Waals surface area contributed by atoms with Gasteiger partial charge in [0.15, 0.2) is 21.2 Å². The van der Waals surface area contributed by atoms with Gasteiger partial charge in [-0.05, 0) is 55.1 Å². The first kappa shape index (κ1) is 26.9. The van der Waals surface area contributed by atoms with Crippen LogP contribution in [0.1, 0.15) is 31.9 Å². The molecule has 4 amide bonds. The number of nitrogens with zero attached hydrogens (tertiary/aromatic N) is 5. The number of carbonyl (C=O) groups excluding carboxylic acids is 4. The summed E-state index contributed by atoms with van der Waals surface area (Å²) in [5.41, 5.74) is -0.689. The van der Waals surface area contributed by atoms with Crippen molar-refractivity contribution in [1.82, 2.24) is 19.6 Å². The second-order valence-electron chi connectivity index (χ2n) is 10.1. The van der Waals surface area contributed by atoms with Crippen LogP contribution < -0.4 is 9.47 Å². The summed E-state index contributed by atoms with van der Waals surface area (Å²) in [5, 5.41) is 9.55. The van der Waals surface area contributed by atoms with Crippen molar-refractivity contribution < 1.29 is 28.7 Å². The molecular weight excluding hydrogens is 518 g/mol. The average molecular weight is 548 g/mol. The third-order valence-corrected chi connectivity index (χ3v) is 9.77. The van der Waals surface area contributed by atoms with Crippen LogP contribution in [0.5, 0.6) is 11.5 Å². The summed E-state index contributed by atoms with van der Waals surface area (Å²) in [7, 11) is 7.67. The average Bonchev–Trinajstić information content (AvgIpc) is 3.42. The lowest BCUT2D eigenvalue weighted by molar-refractivity contribution is -0.163. The van der Waals surface area contributed by atoms with E-state index in [0.717, 1.165) is 23.5 Å². The zero-order valence-electron chi connectivity index (χ0n) is 21.7. The monoisotopic (exact) mass is 547 g/mol. The Labute approximate surface area is 224 Å². The highest BCUT2D eigenvalue weighted by Gasteiger charge is 2.72. The fourth-order valence-electron chi connectivity index (χ4n) is 4.89. The third-order valence-electron chi connectivity index (χ3n) is 6.99. The Bertz CT molecular complexity index is 1230. The summed E-state index contributed by atoms with van der Waals surface area (Å²) >= 11 is 1.44. The molecule has 4 atom stereocenters. The highest BCUT2D eigenvalue weighted by molar-refractivity contribution is 8.16. The van der Waals surface area contributed by atoms with Crippen molar-refractivity contribution in [1.29, 1.82) is 5.26 Å². The normalized spacial score (nSPS) is 30.2. The molecule has 11 nitrogen and oxygen atoms in total. The Morgan fingerprint density at radius 3 is 2.22 bits per heavy atom. The molecule has 0 bridgehead atoms. The van der Waals surface area contributed by atoms with E-state index in [2.05, 4.69) is 6.07 Å². The molecule has 0 saturated carbocycles. The molecule has 0 aromatic heterocycles. The molecular formula is C24H29N5O6S2. The third kappa shape index (κ3) is 3.97. The van der Waals surface area contributed by atoms with Crippen LogP contribution in [0.2, 0.25) is 0 Å². The number of amides is 4. The Balaban J connectivity index is 1.94. The number of hydrogen-bond acceptors (Lipinski definition) is 9. The molecule has 13 heteroatoms. The fraction of sp³-hybridized carbons (Fsp3) is 0.542. The lowest BCUT2D eigenvalue weighted by atomic mass is 9.79. The Morgan fingerprint density at radius 2 is 1.62 bits per heavy atom. The van der Waals surface area contributed by atoms with Crippen molar-refractivity contribution >= 4 is 45.8 Å². The predicted molar refractivity (Wildman–Crippen MR) is 138 cm³/mol. The molecule has 0 radical (unpaired) electrons. The first-order valence-corrected chi connectivity index (χ1v) is 13.1. The Hall–Kier alpha value is -3.11. The van der Waals surface area contributed by atoms with Crippen LogP contribution in [0.25, 0.3) is 0 Å². The number of ether oxygens (including phenoxy) is 2. The first-order chi connectivity index (χ1) is 17.2. The minimum Gasteiger partial charge on any atom is -0.454 e. The van der Waals surface area contributed by atoms with Gasteiger partial charge in [-0.25, -0.2) is 0 Å². The molecule has 4 rings (SSSR count). The van der Waals surface area contributed by atoms with Crippen LogP contribution >= 0.6 is 23.5 Å². The molecule has 0 spiro atoms. The Morgan fingerprint density at radius 1 is 1.03 bits per heavy atom. The number of piperazine rings is 1. The van der Waals surface area contributed by atoms with E-state index < -0.39 is 43.5 Å². The predicted octanol–water partition coefficient (Wildman–Crippen LogP) is 2.93. The van der Waals surface area contributed by atoms with Crippen LogP contribution in [0, 0.1) is 16.7 Å². The second kappa shape index (κ2) is 9.02. The molecule has 0 aliphatic carbocycles. The molecule has 3 aliphatic heterocycles. The van der Waals surface area contributed by atoms with Crippen molar-refractivity contribution in [2.45, 2.75) is 36.1 Å². The van der Waals surface area contributed by atoms with E-state index in [1.807, 2.05) is 0 Å². The van der Waals surface area contributed by atoms with Crippen LogP contribution in [0.3, 0.4) is 0 Å². The largest absolute Gasteiger partial charge is 0.454 e. The van der Waals surface area contributed by atoms with Gasteiger partial charge in [-0.3, -0.25) is 19.2 Å². The van der Waals surface area contributed by atoms with Crippen LogP contribution in [0.4, 0.5) is 9.59 Å². The molecule has 198 valence electrons. The van der Waals surface area contributed by atoms with Gasteiger partial charge in [-0.15, -0.1) is 0 Å². The molecule has 3 aliphatic rings. The van der Waals surface area contributed by atoms with Crippen molar-refractivity contribution in [2.75, 3.05) is 42.0 Å². The Kier molecular flexibility index (Phi) is 6.57. The number of hydrogen-bond donors (Lipinski definition) is 0. The summed E-state index contributed by atoms with van der Waals surface area (Å²) in [5.74, 6) is -0.0872. The lowest BCUT2D eigenvalue weighted by Gasteiger charge is -2.52. The van der Waals surface area contributed by atoms with Gasteiger partial charge < -0.3 is 29.1 Å². The summed E-state index contributed by atoms with van der Waals surface area (Å²) in [6.45, 7) is 3.24. The van der Waals surface area contributed by atoms with Crippen molar-refractivity contribution in [3.8, 4) is 17.6 Å². The zero-order chi connectivity index (χ0) is 27.5. The van der Waals surface area contributed by atoms with E-state index in [-0.39, 0.29) is 13.2 Å². The van der Waals surface area contributed by atoms with Crippen molar-refractivity contribution in [2.24, 2.45) is 5.41 Å². The van der Waals surface area contributed by atoms with Crippen LogP contribution in [0.15, 0.2) is 18.2 Å². The highest BCUT2D eigenvalue weighted by atomic mass is 32.2. The van der Waals surface area contributed by atoms with Gasteiger partial charge in [0.1, 0.15) is 0 Å². The van der Waals surface area contributed by atoms with Gasteiger partial charge >= 0.3 is 0 Å². The van der Waals surface area contributed by atoms with Gasteiger partial charge in [0.05, 0.1) is 17.5 Å². The number of likely N-dealkylation sites (N-methyl/N-ethyl adjacent to an activating group) is 1. The lowest BCUT2D eigenvalue weighted by Crippen LogP contribution is -2.71. The summed E-state index contributed by atoms with van der Waals surface area (Å²) < 4.78 is 11.0. The van der Waals surface area contributed by atoms with E-state index in [0.29, 0.717) is 17.1 Å². The zero-order valence-corrected chi connectivity index (χ0v) is 23.4. The van der Waals surface area contributed by atoms with Crippen LogP contribution in [-0.4, -0.2) is 93.7 Å². The minimum absolute atomic E-state index is 0.0450. The number of benzene rings is 1. The van der Waals surface area contributed by atoms with E-state index in [4.69, 9.17) is 9.47 Å². The SMILES string of the molecule is CN(C)C(=O)S[C@@]1(C)C(=O)N2[C@@H](c3ccc4c(c3)OCO4)[C@@](C)(C#N)C[C@]2(SC(=O)N(C)C)C(=O)N1C. The maximum Gasteiger partial charge on any atom is 0.283 e. The highest BCUT2D eigenvalue weighted by Crippen LogP contribution is 2.62. The molecule has 2 fully saturated rings. The number of rotatable bonds is 3. The maximum atomic E-state index is 14.5. The standard InChI is InChI=1S/C24H29N5O6S2/c1-22(12-25)11-24(37-21(33)27(5)6)19(31)28(7)23(2,36-20(32)26(3)4)18(30)29(24)17(22)14-8-9-15-16(10-14)35-13-34-15/h8-10,17H,11,13H2,1-7H3/t17-,22+,23-,24-/m0/s1. The van der Waals surface area contributed by atoms with Crippen LogP contribution in [-0.2, 0) is 9.59 Å². The smallest absolute Gasteiger partial charge is 0.283 e. The number of nitriles is 1. The molecule has 1 aromatic carbocycles. The molecule has 0 unspecified atom stereocenters. The fourth-order valence-corrected chi connectivity index (χ4v) is 7.18. The quantitative estimate of drug-likeness (QED) is 0.562. The summed E-state index contributed by atoms with van der Waals surface area (Å²) in [6, 6.07) is 6.54. The van der Waals surface area contributed by atoms with Gasteiger partial charge in [0.2, 0.25) is 6.79 Å². The van der Waals surface area contributed by atoms with Gasteiger partial charge in [-0.1, -0.05) is 6.07 Å². The second-order valence-corrected chi connectivity index (χ2v) is 12.6. The van der Waals surface area contributed by atoms with E-state index in [9.17, 15) is 24.4 Å². The molecule has 2 saturated heterocycles.